The molecule has 3 atom stereocenters. The molecule has 0 aliphatic carbocycles. The number of amides is 2. The van der Waals surface area contributed by atoms with Crippen molar-refractivity contribution in [2.45, 2.75) is 58.8 Å². The molecular formula is C19H28FN3O3. The van der Waals surface area contributed by atoms with Crippen LogP contribution in [-0.4, -0.2) is 46.6 Å². The molecule has 144 valence electrons. The summed E-state index contributed by atoms with van der Waals surface area (Å²) < 4.78 is 13.9. The normalized spacial score (nSPS) is 21.6. The average Bonchev–Trinajstić information content (AvgIpc) is 2.93. The molecule has 7 heteroatoms. The van der Waals surface area contributed by atoms with Gasteiger partial charge in [0.15, 0.2) is 0 Å². The molecule has 4 N–H and O–H groups in total. The third-order valence-corrected chi connectivity index (χ3v) is 4.73. The van der Waals surface area contributed by atoms with Gasteiger partial charge in [0.1, 0.15) is 11.9 Å². The Morgan fingerprint density at radius 1 is 1.42 bits per heavy atom. The summed E-state index contributed by atoms with van der Waals surface area (Å²) in [6.07, 6.45) is -0.636. The zero-order valence-electron chi connectivity index (χ0n) is 15.8. The Kier molecular flexibility index (Phi) is 6.03. The molecule has 0 radical (unpaired) electrons. The van der Waals surface area contributed by atoms with Crippen molar-refractivity contribution in [1.29, 1.82) is 0 Å². The predicted octanol–water partition coefficient (Wildman–Crippen LogP) is 1.09. The third-order valence-electron chi connectivity index (χ3n) is 4.73. The van der Waals surface area contributed by atoms with Crippen LogP contribution >= 0.6 is 0 Å². The van der Waals surface area contributed by atoms with Crippen LogP contribution in [0.25, 0.3) is 0 Å². The quantitative estimate of drug-likeness (QED) is 0.744. The van der Waals surface area contributed by atoms with Crippen molar-refractivity contribution < 1.29 is 19.1 Å². The molecule has 1 fully saturated rings. The smallest absolute Gasteiger partial charge is 0.243 e. The van der Waals surface area contributed by atoms with Gasteiger partial charge in [0.25, 0.3) is 0 Å². The standard InChI is InChI=1S/C19H28FN3O3/c1-11-5-6-12(14(20)7-11)9-22-17(25)15-8-13(24)10-23(15)18(26)16(21)19(2,3)4/h5-7,13,15-16,24H,8-10,21H2,1-4H3,(H,22,25)/t13-,15+,16-/m1/s1. The van der Waals surface area contributed by atoms with E-state index in [4.69, 9.17) is 5.73 Å². The van der Waals surface area contributed by atoms with Gasteiger partial charge in [0.2, 0.25) is 11.8 Å². The first kappa shape index (κ1) is 20.3. The summed E-state index contributed by atoms with van der Waals surface area (Å²) in [6, 6.07) is 3.20. The minimum absolute atomic E-state index is 0.0187. The fraction of sp³-hybridized carbons (Fsp3) is 0.579. The first-order chi connectivity index (χ1) is 12.0. The van der Waals surface area contributed by atoms with Crippen LogP contribution in [0.5, 0.6) is 0 Å². The first-order valence-electron chi connectivity index (χ1n) is 8.77. The number of hydrogen-bond donors (Lipinski definition) is 3. The van der Waals surface area contributed by atoms with E-state index in [1.807, 2.05) is 20.8 Å². The van der Waals surface area contributed by atoms with Gasteiger partial charge >= 0.3 is 0 Å². The lowest BCUT2D eigenvalue weighted by atomic mass is 9.86. The number of benzene rings is 1. The van der Waals surface area contributed by atoms with E-state index in [1.54, 1.807) is 19.1 Å². The van der Waals surface area contributed by atoms with Crippen molar-refractivity contribution >= 4 is 11.8 Å². The van der Waals surface area contributed by atoms with E-state index in [2.05, 4.69) is 5.32 Å². The summed E-state index contributed by atoms with van der Waals surface area (Å²) in [7, 11) is 0. The lowest BCUT2D eigenvalue weighted by Crippen LogP contribution is -2.54. The summed E-state index contributed by atoms with van der Waals surface area (Å²) >= 11 is 0. The molecule has 0 saturated carbocycles. The number of carbonyl (C=O) groups is 2. The monoisotopic (exact) mass is 365 g/mol. The molecule has 0 spiro atoms. The highest BCUT2D eigenvalue weighted by Crippen LogP contribution is 2.24. The van der Waals surface area contributed by atoms with Crippen molar-refractivity contribution in [2.24, 2.45) is 11.1 Å². The Labute approximate surface area is 153 Å². The number of β-amino-alcohol motifs (C(OH)–C–C–N with tert-alkyl or cyclic N) is 1. The first-order valence-corrected chi connectivity index (χ1v) is 8.77. The number of aliphatic hydroxyl groups excluding tert-OH is 1. The van der Waals surface area contributed by atoms with Crippen molar-refractivity contribution in [3.05, 3.63) is 35.1 Å². The topological polar surface area (TPSA) is 95.7 Å². The van der Waals surface area contributed by atoms with Crippen LogP contribution in [0.1, 0.15) is 38.3 Å². The van der Waals surface area contributed by atoms with Crippen LogP contribution in [0.4, 0.5) is 4.39 Å². The van der Waals surface area contributed by atoms with Crippen molar-refractivity contribution in [3.63, 3.8) is 0 Å². The molecule has 0 bridgehead atoms. The molecule has 0 unspecified atom stereocenters. The number of nitrogens with zero attached hydrogens (tertiary/aromatic N) is 1. The second kappa shape index (κ2) is 7.72. The molecule has 1 aliphatic rings. The Bertz CT molecular complexity index is 687. The number of aryl methyl sites for hydroxylation is 1. The average molecular weight is 365 g/mol. The largest absolute Gasteiger partial charge is 0.391 e. The minimum atomic E-state index is -0.806. The molecule has 2 amide bonds. The van der Waals surface area contributed by atoms with Crippen LogP contribution in [0.3, 0.4) is 0 Å². The Hall–Kier alpha value is -1.99. The van der Waals surface area contributed by atoms with E-state index >= 15 is 0 Å². The van der Waals surface area contributed by atoms with Gasteiger partial charge in [-0.2, -0.15) is 0 Å². The van der Waals surface area contributed by atoms with Gasteiger partial charge in [-0.1, -0.05) is 32.9 Å². The van der Waals surface area contributed by atoms with E-state index in [-0.39, 0.29) is 31.2 Å². The molecule has 1 heterocycles. The third kappa shape index (κ3) is 4.59. The number of likely N-dealkylation sites (tertiary alicyclic amines) is 1. The number of rotatable bonds is 4. The fourth-order valence-corrected chi connectivity index (χ4v) is 2.95. The van der Waals surface area contributed by atoms with Gasteiger partial charge in [-0.3, -0.25) is 9.59 Å². The van der Waals surface area contributed by atoms with Gasteiger partial charge in [0.05, 0.1) is 12.1 Å². The number of hydrogen-bond acceptors (Lipinski definition) is 4. The van der Waals surface area contributed by atoms with Gasteiger partial charge in [-0.25, -0.2) is 4.39 Å². The molecule has 1 aliphatic heterocycles. The van der Waals surface area contributed by atoms with Gasteiger partial charge in [-0.15, -0.1) is 0 Å². The van der Waals surface area contributed by atoms with Gasteiger partial charge < -0.3 is 21.1 Å². The highest BCUT2D eigenvalue weighted by Gasteiger charge is 2.42. The lowest BCUT2D eigenvalue weighted by Gasteiger charge is -2.32. The minimum Gasteiger partial charge on any atom is -0.391 e. The fourth-order valence-electron chi connectivity index (χ4n) is 2.95. The molecule has 1 aromatic rings. The Morgan fingerprint density at radius 3 is 2.65 bits per heavy atom. The summed E-state index contributed by atoms with van der Waals surface area (Å²) in [5.41, 5.74) is 6.73. The van der Waals surface area contributed by atoms with Crippen LogP contribution in [0.15, 0.2) is 18.2 Å². The van der Waals surface area contributed by atoms with Crippen molar-refractivity contribution in [3.8, 4) is 0 Å². The molecule has 1 saturated heterocycles. The summed E-state index contributed by atoms with van der Waals surface area (Å²) in [6.45, 7) is 7.41. The maximum Gasteiger partial charge on any atom is 0.243 e. The molecule has 6 nitrogen and oxygen atoms in total. The lowest BCUT2D eigenvalue weighted by molar-refractivity contribution is -0.141. The molecule has 1 aromatic carbocycles. The molecular weight excluding hydrogens is 337 g/mol. The summed E-state index contributed by atoms with van der Waals surface area (Å²) in [5, 5.41) is 12.6. The van der Waals surface area contributed by atoms with Crippen LogP contribution in [0, 0.1) is 18.2 Å². The Morgan fingerprint density at radius 2 is 2.08 bits per heavy atom. The predicted molar refractivity (Wildman–Crippen MR) is 96.5 cm³/mol. The second-order valence-corrected chi connectivity index (χ2v) is 8.05. The highest BCUT2D eigenvalue weighted by atomic mass is 19.1. The summed E-state index contributed by atoms with van der Waals surface area (Å²) in [5.74, 6) is -1.17. The van der Waals surface area contributed by atoms with Gasteiger partial charge in [0, 0.05) is 25.1 Å². The zero-order chi connectivity index (χ0) is 19.6. The molecule has 2 rings (SSSR count). The van der Waals surface area contributed by atoms with E-state index in [9.17, 15) is 19.1 Å². The number of aliphatic hydroxyl groups is 1. The van der Waals surface area contributed by atoms with Crippen LogP contribution < -0.4 is 11.1 Å². The van der Waals surface area contributed by atoms with E-state index in [0.29, 0.717) is 5.56 Å². The van der Waals surface area contributed by atoms with Gasteiger partial charge in [-0.05, 0) is 24.0 Å². The van der Waals surface area contributed by atoms with Crippen molar-refractivity contribution in [2.75, 3.05) is 6.54 Å². The molecule has 0 aromatic heterocycles. The summed E-state index contributed by atoms with van der Waals surface area (Å²) in [4.78, 5) is 26.6. The maximum atomic E-state index is 13.9. The van der Waals surface area contributed by atoms with E-state index < -0.39 is 29.5 Å². The number of nitrogens with one attached hydrogen (secondary N) is 1. The number of halogens is 1. The second-order valence-electron chi connectivity index (χ2n) is 8.05. The number of carbonyl (C=O) groups excluding carboxylic acids is 2. The number of nitrogens with two attached hydrogens (primary N) is 1. The van der Waals surface area contributed by atoms with E-state index in [1.165, 1.54) is 11.0 Å². The molecule has 26 heavy (non-hydrogen) atoms. The van der Waals surface area contributed by atoms with Crippen molar-refractivity contribution in [1.82, 2.24) is 10.2 Å². The highest BCUT2D eigenvalue weighted by molar-refractivity contribution is 5.90. The Balaban J connectivity index is 2.07. The zero-order valence-corrected chi connectivity index (χ0v) is 15.8. The SMILES string of the molecule is Cc1ccc(CNC(=O)[C@@H]2C[C@@H](O)CN2C(=O)[C@@H](N)C(C)(C)C)c(F)c1. The maximum absolute atomic E-state index is 13.9. The van der Waals surface area contributed by atoms with Crippen LogP contribution in [0.2, 0.25) is 0 Å². The van der Waals surface area contributed by atoms with Crippen LogP contribution in [-0.2, 0) is 16.1 Å². The van der Waals surface area contributed by atoms with E-state index in [0.717, 1.165) is 5.56 Å².